The molecule has 0 aromatic heterocycles. The van der Waals surface area contributed by atoms with E-state index in [9.17, 15) is 24.0 Å². The monoisotopic (exact) mass is 456 g/mol. The number of benzene rings is 1. The number of hydrogen-bond donors (Lipinski definition) is 1. The van der Waals surface area contributed by atoms with Gasteiger partial charge in [-0.1, -0.05) is 13.0 Å². The number of imide groups is 2. The van der Waals surface area contributed by atoms with Gasteiger partial charge in [0.2, 0.25) is 5.91 Å². The summed E-state index contributed by atoms with van der Waals surface area (Å²) in [5, 5.41) is 2.90. The molecule has 1 aromatic carbocycles. The average molecular weight is 456 g/mol. The summed E-state index contributed by atoms with van der Waals surface area (Å²) < 4.78 is 5.36. The molecule has 3 aliphatic rings. The fourth-order valence-corrected chi connectivity index (χ4v) is 4.90. The Morgan fingerprint density at radius 1 is 1.15 bits per heavy atom. The first-order chi connectivity index (χ1) is 15.9. The van der Waals surface area contributed by atoms with Gasteiger partial charge in [0.1, 0.15) is 18.7 Å². The maximum atomic E-state index is 13.1. The van der Waals surface area contributed by atoms with E-state index in [2.05, 4.69) is 5.32 Å². The number of fused-ring (bicyclic) bond motifs is 1. The molecule has 0 bridgehead atoms. The number of ether oxygens (including phenoxy) is 1. The van der Waals surface area contributed by atoms with Crippen LogP contribution in [0.3, 0.4) is 0 Å². The van der Waals surface area contributed by atoms with Crippen LogP contribution in [0.5, 0.6) is 0 Å². The second-order valence-electron chi connectivity index (χ2n) is 8.35. The number of carbonyl (C=O) groups excluding carboxylic acids is 5. The molecule has 1 aromatic rings. The summed E-state index contributed by atoms with van der Waals surface area (Å²) in [7, 11) is 1.65. The molecular weight excluding hydrogens is 428 g/mol. The van der Waals surface area contributed by atoms with Gasteiger partial charge in [-0.15, -0.1) is 0 Å². The third kappa shape index (κ3) is 3.99. The van der Waals surface area contributed by atoms with Crippen molar-refractivity contribution in [3.63, 3.8) is 0 Å². The third-order valence-corrected chi connectivity index (χ3v) is 6.61. The normalized spacial score (nSPS) is 23.3. The molecule has 0 radical (unpaired) electrons. The molecule has 2 atom stereocenters. The fraction of sp³-hybridized carbons (Fsp3) is 0.522. The standard InChI is InChI=1S/C23H28N4O6/c1-3-25-11-5-8-17(25)23(32)33-13-12-26-18(28)10-9-16(21(26)30)27-20(29)14-6-4-7-15(24-2)19(14)22(27)31/h4,6-7,16-17,24H,3,5,8-13H2,1-2H3/t16-,17?/m0/s1. The van der Waals surface area contributed by atoms with Crippen molar-refractivity contribution in [2.45, 2.75) is 44.7 Å². The van der Waals surface area contributed by atoms with Crippen molar-refractivity contribution >= 4 is 35.3 Å². The summed E-state index contributed by atoms with van der Waals surface area (Å²) in [4.78, 5) is 68.0. The zero-order chi connectivity index (χ0) is 23.7. The molecule has 4 rings (SSSR count). The highest BCUT2D eigenvalue weighted by Crippen LogP contribution is 2.33. The van der Waals surface area contributed by atoms with Crippen LogP contribution in [0.1, 0.15) is 53.3 Å². The predicted octanol–water partition coefficient (Wildman–Crippen LogP) is 0.869. The average Bonchev–Trinajstić information content (AvgIpc) is 3.39. The van der Waals surface area contributed by atoms with E-state index in [1.54, 1.807) is 25.2 Å². The summed E-state index contributed by atoms with van der Waals surface area (Å²) in [6.45, 7) is 3.35. The van der Waals surface area contributed by atoms with E-state index in [0.717, 1.165) is 35.7 Å². The molecular formula is C23H28N4O6. The van der Waals surface area contributed by atoms with E-state index in [-0.39, 0.29) is 49.1 Å². The first-order valence-electron chi connectivity index (χ1n) is 11.3. The molecule has 0 aliphatic carbocycles. The fourth-order valence-electron chi connectivity index (χ4n) is 4.90. The van der Waals surface area contributed by atoms with Gasteiger partial charge in [0.05, 0.1) is 17.7 Å². The van der Waals surface area contributed by atoms with Crippen LogP contribution in [0.4, 0.5) is 5.69 Å². The Kier molecular flexibility index (Phi) is 6.46. The van der Waals surface area contributed by atoms with E-state index >= 15 is 0 Å². The van der Waals surface area contributed by atoms with Gasteiger partial charge < -0.3 is 10.1 Å². The van der Waals surface area contributed by atoms with E-state index < -0.39 is 29.7 Å². The number of carbonyl (C=O) groups is 5. The van der Waals surface area contributed by atoms with Crippen molar-refractivity contribution in [2.24, 2.45) is 0 Å². The summed E-state index contributed by atoms with van der Waals surface area (Å²) in [6.07, 6.45) is 1.74. The molecule has 33 heavy (non-hydrogen) atoms. The van der Waals surface area contributed by atoms with Crippen LogP contribution in [0.2, 0.25) is 0 Å². The molecule has 10 heteroatoms. The Balaban J connectivity index is 1.43. The Labute approximate surface area is 191 Å². The van der Waals surface area contributed by atoms with Crippen LogP contribution in [0.25, 0.3) is 0 Å². The Hall–Kier alpha value is -3.27. The molecule has 3 aliphatic heterocycles. The zero-order valence-electron chi connectivity index (χ0n) is 18.8. The van der Waals surface area contributed by atoms with Crippen molar-refractivity contribution in [3.05, 3.63) is 29.3 Å². The van der Waals surface area contributed by atoms with Crippen molar-refractivity contribution in [1.29, 1.82) is 0 Å². The predicted molar refractivity (Wildman–Crippen MR) is 117 cm³/mol. The number of anilines is 1. The third-order valence-electron chi connectivity index (χ3n) is 6.61. The number of amides is 4. The minimum atomic E-state index is -1.07. The van der Waals surface area contributed by atoms with Crippen LogP contribution in [0, 0.1) is 0 Å². The minimum Gasteiger partial charge on any atom is -0.463 e. The highest BCUT2D eigenvalue weighted by molar-refractivity contribution is 6.25. The van der Waals surface area contributed by atoms with Gasteiger partial charge in [-0.3, -0.25) is 38.7 Å². The van der Waals surface area contributed by atoms with Crippen LogP contribution >= 0.6 is 0 Å². The molecule has 2 fully saturated rings. The summed E-state index contributed by atoms with van der Waals surface area (Å²) >= 11 is 0. The SMILES string of the molecule is CCN1CCCC1C(=O)OCCN1C(=O)CC[C@H](N2C(=O)c3cccc(NC)c3C2=O)C1=O. The first-order valence-corrected chi connectivity index (χ1v) is 11.3. The summed E-state index contributed by atoms with van der Waals surface area (Å²) in [6, 6.07) is 3.53. The molecule has 4 amide bonds. The number of esters is 1. The zero-order valence-corrected chi connectivity index (χ0v) is 18.8. The second kappa shape index (κ2) is 9.30. The van der Waals surface area contributed by atoms with Gasteiger partial charge in [-0.25, -0.2) is 0 Å². The van der Waals surface area contributed by atoms with Gasteiger partial charge in [-0.2, -0.15) is 0 Å². The molecule has 1 N–H and O–H groups in total. The van der Waals surface area contributed by atoms with E-state index in [1.807, 2.05) is 11.8 Å². The highest BCUT2D eigenvalue weighted by Gasteiger charge is 2.47. The van der Waals surface area contributed by atoms with Crippen molar-refractivity contribution < 1.29 is 28.7 Å². The van der Waals surface area contributed by atoms with Crippen LogP contribution in [-0.2, 0) is 19.1 Å². The lowest BCUT2D eigenvalue weighted by atomic mass is 10.0. The smallest absolute Gasteiger partial charge is 0.323 e. The number of likely N-dealkylation sites (tertiary alicyclic amines) is 2. The Morgan fingerprint density at radius 3 is 2.67 bits per heavy atom. The largest absolute Gasteiger partial charge is 0.463 e. The Bertz CT molecular complexity index is 1010. The van der Waals surface area contributed by atoms with Gasteiger partial charge in [0, 0.05) is 19.2 Å². The Morgan fingerprint density at radius 2 is 1.94 bits per heavy atom. The number of hydrogen-bond acceptors (Lipinski definition) is 8. The van der Waals surface area contributed by atoms with Crippen molar-refractivity contribution in [1.82, 2.24) is 14.7 Å². The first kappa shape index (κ1) is 22.9. The minimum absolute atomic E-state index is 0.0167. The molecule has 176 valence electrons. The lowest BCUT2D eigenvalue weighted by molar-refractivity contribution is -0.157. The van der Waals surface area contributed by atoms with Gasteiger partial charge >= 0.3 is 5.97 Å². The lowest BCUT2D eigenvalue weighted by Gasteiger charge is -2.34. The van der Waals surface area contributed by atoms with Gasteiger partial charge in [0.15, 0.2) is 0 Å². The maximum absolute atomic E-state index is 13.1. The van der Waals surface area contributed by atoms with Crippen LogP contribution in [0.15, 0.2) is 18.2 Å². The maximum Gasteiger partial charge on any atom is 0.323 e. The molecule has 2 saturated heterocycles. The molecule has 0 saturated carbocycles. The molecule has 0 spiro atoms. The second-order valence-corrected chi connectivity index (χ2v) is 8.35. The van der Waals surface area contributed by atoms with Gasteiger partial charge in [-0.05, 0) is 44.5 Å². The van der Waals surface area contributed by atoms with E-state index in [4.69, 9.17) is 4.74 Å². The topological polar surface area (TPSA) is 116 Å². The lowest BCUT2D eigenvalue weighted by Crippen LogP contribution is -2.56. The summed E-state index contributed by atoms with van der Waals surface area (Å²) in [5.74, 6) is -2.50. The van der Waals surface area contributed by atoms with Crippen molar-refractivity contribution in [3.8, 4) is 0 Å². The summed E-state index contributed by atoms with van der Waals surface area (Å²) in [5.41, 5.74) is 0.964. The van der Waals surface area contributed by atoms with Crippen molar-refractivity contribution in [2.75, 3.05) is 38.6 Å². The van der Waals surface area contributed by atoms with Crippen LogP contribution in [-0.4, -0.2) is 89.7 Å². The number of rotatable bonds is 7. The highest BCUT2D eigenvalue weighted by atomic mass is 16.5. The number of piperidine rings is 1. The molecule has 10 nitrogen and oxygen atoms in total. The van der Waals surface area contributed by atoms with E-state index in [0.29, 0.717) is 5.69 Å². The number of nitrogens with one attached hydrogen (secondary N) is 1. The number of nitrogens with zero attached hydrogens (tertiary/aromatic N) is 3. The molecule has 3 heterocycles. The quantitative estimate of drug-likeness (QED) is 0.475. The van der Waals surface area contributed by atoms with Gasteiger partial charge in [0.25, 0.3) is 17.7 Å². The molecule has 1 unspecified atom stereocenters. The van der Waals surface area contributed by atoms with Crippen LogP contribution < -0.4 is 5.32 Å². The number of likely N-dealkylation sites (N-methyl/N-ethyl adjacent to an activating group) is 1. The van der Waals surface area contributed by atoms with E-state index in [1.165, 1.54) is 0 Å².